The van der Waals surface area contributed by atoms with Gasteiger partial charge in [-0.2, -0.15) is 0 Å². The summed E-state index contributed by atoms with van der Waals surface area (Å²) >= 11 is 0. The van der Waals surface area contributed by atoms with E-state index >= 15 is 0 Å². The zero-order valence-electron chi connectivity index (χ0n) is 7.83. The van der Waals surface area contributed by atoms with Crippen LogP contribution in [0.5, 0.6) is 0 Å². The molecule has 12 heavy (non-hydrogen) atoms. The van der Waals surface area contributed by atoms with Crippen molar-refractivity contribution in [2.24, 2.45) is 0 Å². The van der Waals surface area contributed by atoms with E-state index in [1.165, 1.54) is 12.8 Å². The molecule has 1 atom stereocenters. The lowest BCUT2D eigenvalue weighted by molar-refractivity contribution is -0.0276. The Morgan fingerprint density at radius 3 is 3.08 bits per heavy atom. The quantitative estimate of drug-likeness (QED) is 0.671. The van der Waals surface area contributed by atoms with Crippen LogP contribution in [0.3, 0.4) is 0 Å². The van der Waals surface area contributed by atoms with Gasteiger partial charge in [-0.05, 0) is 13.0 Å². The Balaban J connectivity index is 2.26. The van der Waals surface area contributed by atoms with E-state index in [1.807, 2.05) is 0 Å². The van der Waals surface area contributed by atoms with Crippen molar-refractivity contribution in [1.82, 2.24) is 4.90 Å². The van der Waals surface area contributed by atoms with Crippen molar-refractivity contribution in [3.63, 3.8) is 0 Å². The zero-order chi connectivity index (χ0) is 8.81. The first kappa shape index (κ1) is 9.96. The van der Waals surface area contributed by atoms with Gasteiger partial charge in [-0.25, -0.2) is 0 Å². The van der Waals surface area contributed by atoms with Crippen LogP contribution >= 0.6 is 0 Å². The highest BCUT2D eigenvalue weighted by atomic mass is 16.5. The number of nitrogens with zero attached hydrogens (tertiary/aromatic N) is 1. The zero-order valence-corrected chi connectivity index (χ0v) is 7.83. The molecule has 72 valence electrons. The second-order valence-corrected chi connectivity index (χ2v) is 3.30. The summed E-state index contributed by atoms with van der Waals surface area (Å²) < 4.78 is 5.28. The molecule has 0 unspecified atom stereocenters. The molecule has 0 aromatic rings. The van der Waals surface area contributed by atoms with Gasteiger partial charge in [-0.1, -0.05) is 13.3 Å². The fraction of sp³-hybridized carbons (Fsp3) is 1.00. The number of rotatable bonds is 4. The minimum absolute atomic E-state index is 0.226. The van der Waals surface area contributed by atoms with Crippen molar-refractivity contribution in [1.29, 1.82) is 0 Å². The lowest BCUT2D eigenvalue weighted by Gasteiger charge is -2.34. The Hall–Kier alpha value is -0.120. The Bertz CT molecular complexity index is 119. The molecule has 0 aromatic carbocycles. The van der Waals surface area contributed by atoms with Crippen molar-refractivity contribution in [2.75, 3.05) is 32.9 Å². The Labute approximate surface area is 74.3 Å². The second-order valence-electron chi connectivity index (χ2n) is 3.30. The molecular formula is C9H19NO2. The fourth-order valence-electron chi connectivity index (χ4n) is 1.51. The molecule has 1 rings (SSSR count). The van der Waals surface area contributed by atoms with Crippen molar-refractivity contribution in [2.45, 2.75) is 25.8 Å². The summed E-state index contributed by atoms with van der Waals surface area (Å²) in [6, 6.07) is 0.241. The Morgan fingerprint density at radius 2 is 2.42 bits per heavy atom. The average Bonchev–Trinajstić information content (AvgIpc) is 2.15. The maximum atomic E-state index is 9.04. The van der Waals surface area contributed by atoms with E-state index in [1.54, 1.807) is 0 Å². The smallest absolute Gasteiger partial charge is 0.0644 e. The van der Waals surface area contributed by atoms with Crippen molar-refractivity contribution < 1.29 is 9.84 Å². The molecule has 0 bridgehead atoms. The molecule has 1 N–H and O–H groups in total. The van der Waals surface area contributed by atoms with Crippen LogP contribution in [0.15, 0.2) is 0 Å². The van der Waals surface area contributed by atoms with Gasteiger partial charge in [0, 0.05) is 6.54 Å². The first-order valence-corrected chi connectivity index (χ1v) is 4.81. The molecule has 1 heterocycles. The largest absolute Gasteiger partial charge is 0.395 e. The van der Waals surface area contributed by atoms with Gasteiger partial charge in [-0.15, -0.1) is 0 Å². The lowest BCUT2D eigenvalue weighted by Crippen LogP contribution is -2.47. The number of aliphatic hydroxyl groups is 1. The third-order valence-corrected chi connectivity index (χ3v) is 2.36. The number of aliphatic hydroxyl groups excluding tert-OH is 1. The Kier molecular flexibility index (Phi) is 4.58. The number of ether oxygens (including phenoxy) is 1. The third-order valence-electron chi connectivity index (χ3n) is 2.36. The van der Waals surface area contributed by atoms with Crippen LogP contribution in [-0.2, 0) is 4.74 Å². The van der Waals surface area contributed by atoms with Gasteiger partial charge in [0.15, 0.2) is 0 Å². The van der Waals surface area contributed by atoms with Crippen LogP contribution in [0, 0.1) is 0 Å². The highest BCUT2D eigenvalue weighted by molar-refractivity contribution is 4.73. The predicted octanol–water partition coefficient (Wildman–Crippen LogP) is 0.480. The predicted molar refractivity (Wildman–Crippen MR) is 48.2 cm³/mol. The van der Waals surface area contributed by atoms with E-state index in [2.05, 4.69) is 11.8 Å². The monoisotopic (exact) mass is 173 g/mol. The first-order valence-electron chi connectivity index (χ1n) is 4.81. The molecule has 3 heteroatoms. The standard InChI is InChI=1S/C9H19NO2/c1-2-3-4-10-5-6-12-8-9(10)7-11/h9,11H,2-8H2,1H3/t9-/m1/s1. The van der Waals surface area contributed by atoms with Crippen LogP contribution < -0.4 is 0 Å². The van der Waals surface area contributed by atoms with Crippen molar-refractivity contribution in [3.05, 3.63) is 0 Å². The van der Waals surface area contributed by atoms with Gasteiger partial charge in [0.05, 0.1) is 25.9 Å². The molecule has 1 fully saturated rings. The molecule has 0 radical (unpaired) electrons. The summed E-state index contributed by atoms with van der Waals surface area (Å²) in [6.07, 6.45) is 2.44. The van der Waals surface area contributed by atoms with Crippen LogP contribution in [0.25, 0.3) is 0 Å². The molecular weight excluding hydrogens is 154 g/mol. The van der Waals surface area contributed by atoms with Gasteiger partial charge in [0.1, 0.15) is 0 Å². The summed E-state index contributed by atoms with van der Waals surface area (Å²) in [5, 5.41) is 9.04. The van der Waals surface area contributed by atoms with E-state index < -0.39 is 0 Å². The topological polar surface area (TPSA) is 32.7 Å². The van der Waals surface area contributed by atoms with Gasteiger partial charge < -0.3 is 9.84 Å². The summed E-state index contributed by atoms with van der Waals surface area (Å²) in [7, 11) is 0. The Morgan fingerprint density at radius 1 is 1.58 bits per heavy atom. The van der Waals surface area contributed by atoms with Gasteiger partial charge in [0.25, 0.3) is 0 Å². The molecule has 1 aliphatic heterocycles. The minimum Gasteiger partial charge on any atom is -0.395 e. The fourth-order valence-corrected chi connectivity index (χ4v) is 1.51. The molecule has 1 aliphatic rings. The summed E-state index contributed by atoms with van der Waals surface area (Å²) in [5.41, 5.74) is 0. The highest BCUT2D eigenvalue weighted by Gasteiger charge is 2.20. The molecule has 3 nitrogen and oxygen atoms in total. The van der Waals surface area contributed by atoms with E-state index in [0.717, 1.165) is 19.7 Å². The van der Waals surface area contributed by atoms with E-state index in [9.17, 15) is 0 Å². The maximum Gasteiger partial charge on any atom is 0.0644 e. The number of morpholine rings is 1. The summed E-state index contributed by atoms with van der Waals surface area (Å²) in [4.78, 5) is 2.33. The normalized spacial score (nSPS) is 26.0. The second kappa shape index (κ2) is 5.51. The number of hydrogen-bond acceptors (Lipinski definition) is 3. The molecule has 0 aliphatic carbocycles. The average molecular weight is 173 g/mol. The molecule has 0 amide bonds. The van der Waals surface area contributed by atoms with Gasteiger partial charge in [-0.3, -0.25) is 4.90 Å². The third kappa shape index (κ3) is 2.73. The van der Waals surface area contributed by atoms with Gasteiger partial charge in [0.2, 0.25) is 0 Å². The molecule has 0 aromatic heterocycles. The van der Waals surface area contributed by atoms with Crippen molar-refractivity contribution in [3.8, 4) is 0 Å². The molecule has 1 saturated heterocycles. The maximum absolute atomic E-state index is 9.04. The SMILES string of the molecule is CCCCN1CCOC[C@H]1CO. The lowest BCUT2D eigenvalue weighted by atomic mass is 10.2. The van der Waals surface area contributed by atoms with Gasteiger partial charge >= 0.3 is 0 Å². The van der Waals surface area contributed by atoms with Crippen molar-refractivity contribution >= 4 is 0 Å². The van der Waals surface area contributed by atoms with Crippen LogP contribution in [0.4, 0.5) is 0 Å². The molecule has 0 spiro atoms. The summed E-state index contributed by atoms with van der Waals surface area (Å²) in [5.74, 6) is 0. The van der Waals surface area contributed by atoms with Crippen LogP contribution in [0.1, 0.15) is 19.8 Å². The van der Waals surface area contributed by atoms with Crippen LogP contribution in [0.2, 0.25) is 0 Å². The summed E-state index contributed by atoms with van der Waals surface area (Å²) in [6.45, 7) is 6.01. The minimum atomic E-state index is 0.226. The molecule has 0 saturated carbocycles. The van der Waals surface area contributed by atoms with Crippen LogP contribution in [-0.4, -0.2) is 49.0 Å². The van der Waals surface area contributed by atoms with E-state index in [-0.39, 0.29) is 12.6 Å². The first-order chi connectivity index (χ1) is 5.88. The van der Waals surface area contributed by atoms with E-state index in [0.29, 0.717) is 6.61 Å². The highest BCUT2D eigenvalue weighted by Crippen LogP contribution is 2.07. The van der Waals surface area contributed by atoms with E-state index in [4.69, 9.17) is 9.84 Å². The number of unbranched alkanes of at least 4 members (excludes halogenated alkanes) is 1. The number of hydrogen-bond donors (Lipinski definition) is 1.